The highest BCUT2D eigenvalue weighted by Crippen LogP contribution is 2.18. The zero-order chi connectivity index (χ0) is 19.9. The van der Waals surface area contributed by atoms with Gasteiger partial charge in [-0.2, -0.15) is 0 Å². The lowest BCUT2D eigenvalue weighted by Crippen LogP contribution is -2.48. The summed E-state index contributed by atoms with van der Waals surface area (Å²) in [6, 6.07) is 6.62. The Morgan fingerprint density at radius 2 is 2.11 bits per heavy atom. The van der Waals surface area contributed by atoms with Crippen molar-refractivity contribution in [3.8, 4) is 0 Å². The largest absolute Gasteiger partial charge is 0.359 e. The molecule has 3 heterocycles. The molecule has 3 rings (SSSR count). The number of aryl methyl sites for hydroxylation is 1. The van der Waals surface area contributed by atoms with E-state index in [4.69, 9.17) is 4.52 Å². The van der Waals surface area contributed by atoms with E-state index >= 15 is 0 Å². The van der Waals surface area contributed by atoms with E-state index in [0.717, 1.165) is 55.7 Å². The molecular weight excluding hydrogens is 352 g/mol. The maximum absolute atomic E-state index is 5.39. The highest BCUT2D eigenvalue weighted by Gasteiger charge is 2.21. The SMILES string of the molecule is CCNC(=NCc1cc(C(C)C)no1)NC1CCN(c2ccc(C)cn2)CC1. The first-order valence-electron chi connectivity index (χ1n) is 10.2. The first-order valence-corrected chi connectivity index (χ1v) is 10.2. The molecule has 1 aliphatic heterocycles. The predicted octanol–water partition coefficient (Wildman–Crippen LogP) is 3.23. The van der Waals surface area contributed by atoms with Crippen LogP contribution in [0.5, 0.6) is 0 Å². The number of aliphatic imine (C=N–C) groups is 1. The van der Waals surface area contributed by atoms with Gasteiger partial charge in [0, 0.05) is 37.9 Å². The molecule has 2 aromatic heterocycles. The number of hydrogen-bond donors (Lipinski definition) is 2. The Morgan fingerprint density at radius 3 is 2.71 bits per heavy atom. The van der Waals surface area contributed by atoms with Gasteiger partial charge in [-0.3, -0.25) is 0 Å². The molecule has 0 bridgehead atoms. The molecule has 0 aromatic carbocycles. The first-order chi connectivity index (χ1) is 13.5. The van der Waals surface area contributed by atoms with Gasteiger partial charge in [-0.15, -0.1) is 0 Å². The lowest BCUT2D eigenvalue weighted by atomic mass is 10.1. The standard InChI is InChI=1S/C21H32N6O/c1-5-22-21(24-14-18-12-19(15(2)3)26-28-18)25-17-8-10-27(11-9-17)20-7-6-16(4)13-23-20/h6-7,12-13,15,17H,5,8-11,14H2,1-4H3,(H2,22,24,25). The Kier molecular flexibility index (Phi) is 6.90. The topological polar surface area (TPSA) is 78.6 Å². The van der Waals surface area contributed by atoms with Crippen molar-refractivity contribution in [2.45, 2.75) is 59.0 Å². The van der Waals surface area contributed by atoms with Crippen LogP contribution < -0.4 is 15.5 Å². The Bertz CT molecular complexity index is 759. The van der Waals surface area contributed by atoms with Crippen LogP contribution in [0.3, 0.4) is 0 Å². The number of pyridine rings is 1. The van der Waals surface area contributed by atoms with E-state index in [1.807, 2.05) is 12.3 Å². The van der Waals surface area contributed by atoms with Crippen LogP contribution in [-0.2, 0) is 6.54 Å². The van der Waals surface area contributed by atoms with E-state index in [-0.39, 0.29) is 0 Å². The number of rotatable bonds is 6. The van der Waals surface area contributed by atoms with Gasteiger partial charge < -0.3 is 20.1 Å². The predicted molar refractivity (Wildman–Crippen MR) is 113 cm³/mol. The number of guanidine groups is 1. The summed E-state index contributed by atoms with van der Waals surface area (Å²) in [4.78, 5) is 11.6. The normalized spacial score (nSPS) is 15.9. The molecule has 1 fully saturated rings. The maximum atomic E-state index is 5.39. The third-order valence-corrected chi connectivity index (χ3v) is 4.96. The van der Waals surface area contributed by atoms with Crippen molar-refractivity contribution in [3.05, 3.63) is 41.4 Å². The van der Waals surface area contributed by atoms with Gasteiger partial charge in [0.25, 0.3) is 0 Å². The van der Waals surface area contributed by atoms with Crippen LogP contribution in [0.25, 0.3) is 0 Å². The van der Waals surface area contributed by atoms with Crippen LogP contribution in [0.1, 0.15) is 56.5 Å². The van der Waals surface area contributed by atoms with Gasteiger partial charge in [-0.05, 0) is 44.2 Å². The third kappa shape index (κ3) is 5.47. The van der Waals surface area contributed by atoms with Crippen molar-refractivity contribution in [2.24, 2.45) is 4.99 Å². The minimum Gasteiger partial charge on any atom is -0.359 e. The summed E-state index contributed by atoms with van der Waals surface area (Å²) in [7, 11) is 0. The molecule has 0 spiro atoms. The summed E-state index contributed by atoms with van der Waals surface area (Å²) in [5.41, 5.74) is 2.17. The molecule has 7 nitrogen and oxygen atoms in total. The number of anilines is 1. The first kappa shape index (κ1) is 20.2. The Labute approximate surface area is 167 Å². The fraction of sp³-hybridized carbons (Fsp3) is 0.571. The fourth-order valence-corrected chi connectivity index (χ4v) is 3.25. The minimum atomic E-state index is 0.362. The van der Waals surface area contributed by atoms with Gasteiger partial charge >= 0.3 is 0 Å². The molecule has 0 unspecified atom stereocenters. The highest BCUT2D eigenvalue weighted by atomic mass is 16.5. The molecule has 152 valence electrons. The molecule has 0 saturated carbocycles. The zero-order valence-electron chi connectivity index (χ0n) is 17.4. The molecule has 1 saturated heterocycles. The lowest BCUT2D eigenvalue weighted by molar-refractivity contribution is 0.376. The van der Waals surface area contributed by atoms with Crippen LogP contribution in [0.4, 0.5) is 5.82 Å². The summed E-state index contributed by atoms with van der Waals surface area (Å²) < 4.78 is 5.39. The summed E-state index contributed by atoms with van der Waals surface area (Å²) >= 11 is 0. The van der Waals surface area contributed by atoms with Crippen molar-refractivity contribution < 1.29 is 4.52 Å². The maximum Gasteiger partial charge on any atom is 0.191 e. The van der Waals surface area contributed by atoms with Gasteiger partial charge in [0.15, 0.2) is 11.7 Å². The molecule has 0 atom stereocenters. The molecule has 2 N–H and O–H groups in total. The number of nitrogens with one attached hydrogen (secondary N) is 2. The number of hydrogen-bond acceptors (Lipinski definition) is 5. The molecule has 0 aliphatic carbocycles. The second-order valence-electron chi connectivity index (χ2n) is 7.67. The van der Waals surface area contributed by atoms with E-state index in [1.54, 1.807) is 0 Å². The van der Waals surface area contributed by atoms with Gasteiger partial charge in [0.05, 0.1) is 5.69 Å². The van der Waals surface area contributed by atoms with Crippen molar-refractivity contribution in [3.63, 3.8) is 0 Å². The average Bonchev–Trinajstić information content (AvgIpc) is 3.17. The number of aromatic nitrogens is 2. The van der Waals surface area contributed by atoms with Crippen molar-refractivity contribution in [1.82, 2.24) is 20.8 Å². The summed E-state index contributed by atoms with van der Waals surface area (Å²) in [5.74, 6) is 3.05. The van der Waals surface area contributed by atoms with Crippen LogP contribution in [0.2, 0.25) is 0 Å². The molecule has 1 aliphatic rings. The Morgan fingerprint density at radius 1 is 1.32 bits per heavy atom. The number of nitrogens with zero attached hydrogens (tertiary/aromatic N) is 4. The average molecular weight is 385 g/mol. The molecular formula is C21H32N6O. The second-order valence-corrected chi connectivity index (χ2v) is 7.67. The Balaban J connectivity index is 1.53. The molecule has 7 heteroatoms. The van der Waals surface area contributed by atoms with E-state index in [9.17, 15) is 0 Å². The van der Waals surface area contributed by atoms with Gasteiger partial charge in [-0.1, -0.05) is 25.1 Å². The van der Waals surface area contributed by atoms with E-state index in [2.05, 4.69) is 70.5 Å². The van der Waals surface area contributed by atoms with Crippen LogP contribution in [-0.4, -0.2) is 41.8 Å². The molecule has 0 radical (unpaired) electrons. The highest BCUT2D eigenvalue weighted by molar-refractivity contribution is 5.80. The van der Waals surface area contributed by atoms with Gasteiger partial charge in [0.1, 0.15) is 12.4 Å². The summed E-state index contributed by atoms with van der Waals surface area (Å²) in [6.07, 6.45) is 4.04. The summed E-state index contributed by atoms with van der Waals surface area (Å²) in [5, 5.41) is 11.0. The fourth-order valence-electron chi connectivity index (χ4n) is 3.25. The van der Waals surface area contributed by atoms with E-state index < -0.39 is 0 Å². The second kappa shape index (κ2) is 9.57. The van der Waals surface area contributed by atoms with Crippen LogP contribution in [0, 0.1) is 6.92 Å². The van der Waals surface area contributed by atoms with Crippen molar-refractivity contribution in [2.75, 3.05) is 24.5 Å². The Hall–Kier alpha value is -2.57. The van der Waals surface area contributed by atoms with Crippen LogP contribution in [0.15, 0.2) is 33.9 Å². The minimum absolute atomic E-state index is 0.362. The molecule has 2 aromatic rings. The quantitative estimate of drug-likeness (QED) is 0.588. The number of piperidine rings is 1. The smallest absolute Gasteiger partial charge is 0.191 e. The summed E-state index contributed by atoms with van der Waals surface area (Å²) in [6.45, 7) is 11.7. The molecule has 28 heavy (non-hydrogen) atoms. The zero-order valence-corrected chi connectivity index (χ0v) is 17.4. The lowest BCUT2D eigenvalue weighted by Gasteiger charge is -2.33. The van der Waals surface area contributed by atoms with Crippen LogP contribution >= 0.6 is 0 Å². The van der Waals surface area contributed by atoms with Crippen molar-refractivity contribution >= 4 is 11.8 Å². The van der Waals surface area contributed by atoms with Crippen molar-refractivity contribution in [1.29, 1.82) is 0 Å². The van der Waals surface area contributed by atoms with Gasteiger partial charge in [-0.25, -0.2) is 9.98 Å². The van der Waals surface area contributed by atoms with Gasteiger partial charge in [0.2, 0.25) is 0 Å². The van der Waals surface area contributed by atoms with E-state index in [1.165, 1.54) is 5.56 Å². The monoisotopic (exact) mass is 384 g/mol. The third-order valence-electron chi connectivity index (χ3n) is 4.96. The molecule has 0 amide bonds. The van der Waals surface area contributed by atoms with E-state index in [0.29, 0.717) is 18.5 Å².